The van der Waals surface area contributed by atoms with E-state index in [1.807, 2.05) is 12.1 Å². The summed E-state index contributed by atoms with van der Waals surface area (Å²) < 4.78 is 26.3. The largest absolute Gasteiger partial charge is 0.384 e. The molecule has 4 nitrogen and oxygen atoms in total. The van der Waals surface area contributed by atoms with Gasteiger partial charge in [0.25, 0.3) is 0 Å². The molecular formula is C16H26N2O2S. The van der Waals surface area contributed by atoms with Gasteiger partial charge in [0.2, 0.25) is 10.0 Å². The number of hydrogen-bond donors (Lipinski definition) is 2. The van der Waals surface area contributed by atoms with Crippen molar-refractivity contribution in [3.8, 4) is 0 Å². The minimum Gasteiger partial charge on any atom is -0.384 e. The summed E-state index contributed by atoms with van der Waals surface area (Å²) in [5.74, 6) is 1.61. The molecule has 2 rings (SSSR count). The minimum absolute atomic E-state index is 0.324. The van der Waals surface area contributed by atoms with E-state index in [0.717, 1.165) is 24.8 Å². The Morgan fingerprint density at radius 1 is 1.24 bits per heavy atom. The molecule has 1 aromatic carbocycles. The Kier molecular flexibility index (Phi) is 5.65. The van der Waals surface area contributed by atoms with Gasteiger partial charge in [-0.25, -0.2) is 13.1 Å². The van der Waals surface area contributed by atoms with E-state index >= 15 is 0 Å². The standard InChI is InChI=1S/C16H26N2O2S/c1-13-6-5-7-14(12-13)10-11-18-15-8-3-4-9-16(15)21(19,20)17-2/h3-4,8-9,13-14,17-18H,5-7,10-12H2,1-2H3. The van der Waals surface area contributed by atoms with Crippen molar-refractivity contribution in [3.63, 3.8) is 0 Å². The number of anilines is 1. The molecule has 1 aromatic rings. The van der Waals surface area contributed by atoms with Gasteiger partial charge in [-0.15, -0.1) is 0 Å². The maximum Gasteiger partial charge on any atom is 0.242 e. The summed E-state index contributed by atoms with van der Waals surface area (Å²) >= 11 is 0. The molecular weight excluding hydrogens is 284 g/mol. The summed E-state index contributed by atoms with van der Waals surface area (Å²) in [6.45, 7) is 3.15. The minimum atomic E-state index is -3.41. The zero-order chi connectivity index (χ0) is 15.3. The first kappa shape index (κ1) is 16.3. The highest BCUT2D eigenvalue weighted by Gasteiger charge is 2.19. The maximum absolute atomic E-state index is 12.0. The molecule has 2 atom stereocenters. The van der Waals surface area contributed by atoms with Gasteiger partial charge in [-0.2, -0.15) is 0 Å². The van der Waals surface area contributed by atoms with Crippen LogP contribution in [0.5, 0.6) is 0 Å². The van der Waals surface area contributed by atoms with Gasteiger partial charge in [-0.3, -0.25) is 0 Å². The van der Waals surface area contributed by atoms with Crippen molar-refractivity contribution < 1.29 is 8.42 Å². The number of rotatable bonds is 6. The third-order valence-electron chi connectivity index (χ3n) is 4.36. The third-order valence-corrected chi connectivity index (χ3v) is 5.83. The fourth-order valence-electron chi connectivity index (χ4n) is 3.19. The van der Waals surface area contributed by atoms with Crippen LogP contribution in [0.2, 0.25) is 0 Å². The van der Waals surface area contributed by atoms with Crippen molar-refractivity contribution in [3.05, 3.63) is 24.3 Å². The van der Waals surface area contributed by atoms with E-state index in [2.05, 4.69) is 17.0 Å². The van der Waals surface area contributed by atoms with Crippen LogP contribution >= 0.6 is 0 Å². The summed E-state index contributed by atoms with van der Waals surface area (Å²) in [5.41, 5.74) is 0.690. The number of nitrogens with one attached hydrogen (secondary N) is 2. The summed E-state index contributed by atoms with van der Waals surface area (Å²) in [5, 5.41) is 3.30. The Bertz CT molecular complexity index is 557. The number of hydrogen-bond acceptors (Lipinski definition) is 3. The van der Waals surface area contributed by atoms with Crippen LogP contribution in [0, 0.1) is 11.8 Å². The van der Waals surface area contributed by atoms with E-state index in [9.17, 15) is 8.42 Å². The second-order valence-electron chi connectivity index (χ2n) is 6.06. The van der Waals surface area contributed by atoms with Crippen molar-refractivity contribution in [1.29, 1.82) is 0 Å². The van der Waals surface area contributed by atoms with Crippen LogP contribution in [0.3, 0.4) is 0 Å². The van der Waals surface area contributed by atoms with E-state index in [1.54, 1.807) is 12.1 Å². The van der Waals surface area contributed by atoms with Gasteiger partial charge in [-0.05, 0) is 43.9 Å². The molecule has 0 spiro atoms. The van der Waals surface area contributed by atoms with E-state index in [0.29, 0.717) is 10.6 Å². The molecule has 0 aliphatic heterocycles. The zero-order valence-corrected chi connectivity index (χ0v) is 13.7. The fraction of sp³-hybridized carbons (Fsp3) is 0.625. The number of sulfonamides is 1. The van der Waals surface area contributed by atoms with Crippen molar-refractivity contribution in [2.45, 2.75) is 43.9 Å². The molecule has 0 bridgehead atoms. The predicted molar refractivity (Wildman–Crippen MR) is 86.9 cm³/mol. The first-order valence-electron chi connectivity index (χ1n) is 7.79. The molecule has 2 unspecified atom stereocenters. The fourth-order valence-corrected chi connectivity index (χ4v) is 4.10. The quantitative estimate of drug-likeness (QED) is 0.848. The molecule has 0 aromatic heterocycles. The smallest absolute Gasteiger partial charge is 0.242 e. The van der Waals surface area contributed by atoms with Gasteiger partial charge in [0.05, 0.1) is 5.69 Å². The highest BCUT2D eigenvalue weighted by Crippen LogP contribution is 2.30. The Balaban J connectivity index is 1.94. The van der Waals surface area contributed by atoms with E-state index < -0.39 is 10.0 Å². The Morgan fingerprint density at radius 3 is 2.71 bits per heavy atom. The van der Waals surface area contributed by atoms with Crippen LogP contribution in [0.4, 0.5) is 5.69 Å². The molecule has 1 saturated carbocycles. The van der Waals surface area contributed by atoms with Gasteiger partial charge < -0.3 is 5.32 Å². The SMILES string of the molecule is CNS(=O)(=O)c1ccccc1NCCC1CCCC(C)C1. The lowest BCUT2D eigenvalue weighted by Crippen LogP contribution is -2.21. The second kappa shape index (κ2) is 7.27. The number of para-hydroxylation sites is 1. The summed E-state index contributed by atoms with van der Waals surface area (Å²) in [6.07, 6.45) is 6.41. The molecule has 1 aliphatic carbocycles. The molecule has 1 fully saturated rings. The second-order valence-corrected chi connectivity index (χ2v) is 7.91. The first-order valence-corrected chi connectivity index (χ1v) is 9.27. The van der Waals surface area contributed by atoms with E-state index in [4.69, 9.17) is 0 Å². The van der Waals surface area contributed by atoms with Crippen molar-refractivity contribution >= 4 is 15.7 Å². The molecule has 0 heterocycles. The predicted octanol–water partition coefficient (Wildman–Crippen LogP) is 3.22. The van der Waals surface area contributed by atoms with Crippen LogP contribution < -0.4 is 10.0 Å². The van der Waals surface area contributed by atoms with Crippen molar-refractivity contribution in [2.75, 3.05) is 18.9 Å². The average Bonchev–Trinajstić information content (AvgIpc) is 2.48. The van der Waals surface area contributed by atoms with Crippen molar-refractivity contribution in [1.82, 2.24) is 4.72 Å². The third kappa shape index (κ3) is 4.45. The maximum atomic E-state index is 12.0. The summed E-state index contributed by atoms with van der Waals surface area (Å²) in [7, 11) is -1.97. The van der Waals surface area contributed by atoms with Crippen LogP contribution in [-0.2, 0) is 10.0 Å². The first-order chi connectivity index (χ1) is 10.0. The Labute approximate surface area is 128 Å². The topological polar surface area (TPSA) is 58.2 Å². The van der Waals surface area contributed by atoms with E-state index in [1.165, 1.54) is 32.7 Å². The molecule has 5 heteroatoms. The van der Waals surface area contributed by atoms with Gasteiger partial charge >= 0.3 is 0 Å². The Hall–Kier alpha value is -1.07. The van der Waals surface area contributed by atoms with Gasteiger partial charge in [0.15, 0.2) is 0 Å². The lowest BCUT2D eigenvalue weighted by molar-refractivity contribution is 0.274. The average molecular weight is 310 g/mol. The molecule has 0 saturated heterocycles. The molecule has 21 heavy (non-hydrogen) atoms. The molecule has 0 amide bonds. The lowest BCUT2D eigenvalue weighted by Gasteiger charge is -2.26. The summed E-state index contributed by atoms with van der Waals surface area (Å²) in [4.78, 5) is 0.324. The number of benzene rings is 1. The van der Waals surface area contributed by atoms with Crippen molar-refractivity contribution in [2.24, 2.45) is 11.8 Å². The molecule has 1 aliphatic rings. The van der Waals surface area contributed by atoms with Gasteiger partial charge in [-0.1, -0.05) is 38.3 Å². The molecule has 118 valence electrons. The normalized spacial score (nSPS) is 23.0. The van der Waals surface area contributed by atoms with Crippen LogP contribution in [-0.4, -0.2) is 22.0 Å². The van der Waals surface area contributed by atoms with Gasteiger partial charge in [0.1, 0.15) is 4.90 Å². The highest BCUT2D eigenvalue weighted by molar-refractivity contribution is 7.89. The summed E-state index contributed by atoms with van der Waals surface area (Å²) in [6, 6.07) is 7.07. The van der Waals surface area contributed by atoms with Crippen LogP contribution in [0.25, 0.3) is 0 Å². The lowest BCUT2D eigenvalue weighted by atomic mass is 9.81. The highest BCUT2D eigenvalue weighted by atomic mass is 32.2. The molecule has 0 radical (unpaired) electrons. The zero-order valence-electron chi connectivity index (χ0n) is 12.9. The Morgan fingerprint density at radius 2 is 2.00 bits per heavy atom. The van der Waals surface area contributed by atoms with Gasteiger partial charge in [0, 0.05) is 6.54 Å². The molecule has 2 N–H and O–H groups in total. The monoisotopic (exact) mass is 310 g/mol. The van der Waals surface area contributed by atoms with Crippen LogP contribution in [0.1, 0.15) is 39.0 Å². The van der Waals surface area contributed by atoms with E-state index in [-0.39, 0.29) is 0 Å². The van der Waals surface area contributed by atoms with Crippen LogP contribution in [0.15, 0.2) is 29.2 Å².